The molecule has 2 heterocycles. The van der Waals surface area contributed by atoms with E-state index in [1.165, 1.54) is 16.7 Å². The van der Waals surface area contributed by atoms with Crippen LogP contribution in [0, 0.1) is 0 Å². The van der Waals surface area contributed by atoms with E-state index in [9.17, 15) is 0 Å². The summed E-state index contributed by atoms with van der Waals surface area (Å²) >= 11 is 0. The molecule has 0 radical (unpaired) electrons. The summed E-state index contributed by atoms with van der Waals surface area (Å²) in [6.45, 7) is 13.8. The highest BCUT2D eigenvalue weighted by atomic mass is 16.7. The summed E-state index contributed by atoms with van der Waals surface area (Å²) in [5.74, 6) is 0.508. The fourth-order valence-electron chi connectivity index (χ4n) is 3.55. The van der Waals surface area contributed by atoms with E-state index in [0.717, 1.165) is 25.7 Å². The van der Waals surface area contributed by atoms with E-state index < -0.39 is 0 Å². The minimum Gasteiger partial charge on any atom is -0.403 e. The van der Waals surface area contributed by atoms with Crippen LogP contribution >= 0.6 is 0 Å². The molecule has 3 rings (SSSR count). The predicted octanol–water partition coefficient (Wildman–Crippen LogP) is 5.55. The van der Waals surface area contributed by atoms with Crippen molar-refractivity contribution >= 4 is 7.12 Å². The van der Waals surface area contributed by atoms with E-state index in [4.69, 9.17) is 9.31 Å². The first-order valence-corrected chi connectivity index (χ1v) is 10.2. The predicted molar refractivity (Wildman–Crippen MR) is 112 cm³/mol. The van der Waals surface area contributed by atoms with Gasteiger partial charge in [-0.05, 0) is 64.4 Å². The first-order chi connectivity index (χ1) is 12.7. The lowest BCUT2D eigenvalue weighted by Crippen LogP contribution is -2.41. The Kier molecular flexibility index (Phi) is 5.83. The highest BCUT2D eigenvalue weighted by Crippen LogP contribution is 2.38. The van der Waals surface area contributed by atoms with E-state index in [1.54, 1.807) is 0 Å². The topological polar surface area (TPSA) is 36.3 Å². The molecule has 5 heteroatoms. The Morgan fingerprint density at radius 1 is 1.11 bits per heavy atom. The Balaban J connectivity index is 1.56. The molecule has 4 nitrogen and oxygen atoms in total. The summed E-state index contributed by atoms with van der Waals surface area (Å²) in [4.78, 5) is 0. The molecule has 0 amide bonds. The molecule has 1 unspecified atom stereocenters. The molecule has 1 saturated heterocycles. The molecule has 1 aromatic heterocycles. The zero-order chi connectivity index (χ0) is 19.7. The van der Waals surface area contributed by atoms with Gasteiger partial charge < -0.3 is 9.31 Å². The number of aryl methyl sites for hydroxylation is 1. The van der Waals surface area contributed by atoms with Crippen molar-refractivity contribution in [2.75, 3.05) is 0 Å². The molecular weight excluding hydrogens is 335 g/mol. The van der Waals surface area contributed by atoms with Gasteiger partial charge in [0.05, 0.1) is 17.4 Å². The molecule has 0 saturated carbocycles. The Morgan fingerprint density at radius 2 is 1.81 bits per heavy atom. The second-order valence-electron chi connectivity index (χ2n) is 8.73. The zero-order valence-electron chi connectivity index (χ0n) is 17.7. The quantitative estimate of drug-likeness (QED) is 0.602. The second-order valence-corrected chi connectivity index (χ2v) is 8.73. The Labute approximate surface area is 164 Å². The van der Waals surface area contributed by atoms with Gasteiger partial charge in [-0.1, -0.05) is 37.6 Å². The van der Waals surface area contributed by atoms with Crippen LogP contribution in [0.1, 0.15) is 65.9 Å². The fourth-order valence-corrected chi connectivity index (χ4v) is 3.55. The molecule has 146 valence electrons. The van der Waals surface area contributed by atoms with E-state index in [1.807, 2.05) is 10.9 Å². The number of rotatable bonds is 7. The number of aromatic nitrogens is 2. The number of hydrogen-bond donors (Lipinski definition) is 0. The molecule has 1 aliphatic heterocycles. The summed E-state index contributed by atoms with van der Waals surface area (Å²) in [5, 5.41) is 4.39. The van der Waals surface area contributed by atoms with Gasteiger partial charge in [-0.15, -0.1) is 0 Å². The standard InChI is InChI=1S/C22H33BN2O2/c1-7-25-16-20(15-24-25)19-12-8-11-18(14-19)17(2)10-9-13-23-26-21(3,4)22(5,6)27-23/h8,11-12,14-17H,7,9-10,13H2,1-6H3. The molecule has 1 aromatic carbocycles. The van der Waals surface area contributed by atoms with Crippen molar-refractivity contribution in [3.05, 3.63) is 42.2 Å². The van der Waals surface area contributed by atoms with Crippen molar-refractivity contribution in [3.63, 3.8) is 0 Å². The van der Waals surface area contributed by atoms with Crippen LogP contribution in [0.3, 0.4) is 0 Å². The zero-order valence-corrected chi connectivity index (χ0v) is 17.7. The maximum Gasteiger partial charge on any atom is 0.457 e. The minimum atomic E-state index is -0.236. The largest absolute Gasteiger partial charge is 0.457 e. The highest BCUT2D eigenvalue weighted by molar-refractivity contribution is 6.45. The van der Waals surface area contributed by atoms with Crippen LogP contribution in [-0.4, -0.2) is 28.1 Å². The molecule has 1 fully saturated rings. The van der Waals surface area contributed by atoms with E-state index in [-0.39, 0.29) is 18.3 Å². The maximum atomic E-state index is 6.11. The molecule has 0 spiro atoms. The monoisotopic (exact) mass is 368 g/mol. The Morgan fingerprint density at radius 3 is 2.44 bits per heavy atom. The molecule has 0 bridgehead atoms. The SMILES string of the molecule is CCn1cc(-c2cccc(C(C)CCCB3OC(C)(C)C(C)(C)O3)c2)cn1. The third-order valence-electron chi connectivity index (χ3n) is 6.13. The van der Waals surface area contributed by atoms with Crippen molar-refractivity contribution in [2.24, 2.45) is 0 Å². The first kappa shape index (κ1) is 20.2. The Hall–Kier alpha value is -1.59. The van der Waals surface area contributed by atoms with Crippen molar-refractivity contribution in [2.45, 2.75) is 84.4 Å². The smallest absolute Gasteiger partial charge is 0.403 e. The highest BCUT2D eigenvalue weighted by Gasteiger charge is 2.50. The lowest BCUT2D eigenvalue weighted by Gasteiger charge is -2.32. The normalized spacial score (nSPS) is 19.4. The van der Waals surface area contributed by atoms with E-state index in [2.05, 4.69) is 77.1 Å². The van der Waals surface area contributed by atoms with Gasteiger partial charge in [-0.25, -0.2) is 0 Å². The van der Waals surface area contributed by atoms with Crippen LogP contribution in [-0.2, 0) is 15.9 Å². The van der Waals surface area contributed by atoms with Gasteiger partial charge in [0.25, 0.3) is 0 Å². The third kappa shape index (κ3) is 4.46. The Bertz CT molecular complexity index is 753. The summed E-state index contributed by atoms with van der Waals surface area (Å²) in [5.41, 5.74) is 3.33. The number of benzene rings is 1. The van der Waals surface area contributed by atoms with Gasteiger partial charge in [0, 0.05) is 18.3 Å². The van der Waals surface area contributed by atoms with E-state index >= 15 is 0 Å². The molecular formula is C22H33BN2O2. The molecule has 0 N–H and O–H groups in total. The molecule has 2 aromatic rings. The van der Waals surface area contributed by atoms with Crippen LogP contribution in [0.2, 0.25) is 6.32 Å². The number of nitrogens with zero attached hydrogens (tertiary/aromatic N) is 2. The van der Waals surface area contributed by atoms with Crippen molar-refractivity contribution in [1.82, 2.24) is 9.78 Å². The van der Waals surface area contributed by atoms with Gasteiger partial charge in [0.2, 0.25) is 0 Å². The molecule has 1 aliphatic rings. The third-order valence-corrected chi connectivity index (χ3v) is 6.13. The summed E-state index contributed by atoms with van der Waals surface area (Å²) < 4.78 is 14.2. The fraction of sp³-hybridized carbons (Fsp3) is 0.591. The van der Waals surface area contributed by atoms with Crippen molar-refractivity contribution < 1.29 is 9.31 Å². The van der Waals surface area contributed by atoms with Crippen LogP contribution in [0.4, 0.5) is 0 Å². The van der Waals surface area contributed by atoms with Crippen LogP contribution in [0.25, 0.3) is 11.1 Å². The van der Waals surface area contributed by atoms with Gasteiger partial charge >= 0.3 is 7.12 Å². The van der Waals surface area contributed by atoms with Gasteiger partial charge in [0.1, 0.15) is 0 Å². The van der Waals surface area contributed by atoms with Crippen molar-refractivity contribution in [1.29, 1.82) is 0 Å². The average Bonchev–Trinajstić information content (AvgIpc) is 3.17. The minimum absolute atomic E-state index is 0.0894. The molecule has 0 aliphatic carbocycles. The maximum absolute atomic E-state index is 6.11. The van der Waals surface area contributed by atoms with Crippen LogP contribution < -0.4 is 0 Å². The summed E-state index contributed by atoms with van der Waals surface area (Å²) in [6, 6.07) is 8.85. The van der Waals surface area contributed by atoms with Gasteiger partial charge in [-0.3, -0.25) is 4.68 Å². The van der Waals surface area contributed by atoms with Gasteiger partial charge in [-0.2, -0.15) is 5.10 Å². The summed E-state index contributed by atoms with van der Waals surface area (Å²) in [7, 11) is -0.0894. The van der Waals surface area contributed by atoms with Gasteiger partial charge in [0.15, 0.2) is 0 Å². The summed E-state index contributed by atoms with van der Waals surface area (Å²) in [6.07, 6.45) is 7.23. The van der Waals surface area contributed by atoms with Crippen molar-refractivity contribution in [3.8, 4) is 11.1 Å². The van der Waals surface area contributed by atoms with Crippen LogP contribution in [0.5, 0.6) is 0 Å². The molecule has 27 heavy (non-hydrogen) atoms. The lowest BCUT2D eigenvalue weighted by molar-refractivity contribution is 0.00578. The van der Waals surface area contributed by atoms with Crippen LogP contribution in [0.15, 0.2) is 36.7 Å². The first-order valence-electron chi connectivity index (χ1n) is 10.2. The second kappa shape index (κ2) is 7.80. The molecule has 1 atom stereocenters. The average molecular weight is 368 g/mol. The number of hydrogen-bond acceptors (Lipinski definition) is 3. The van der Waals surface area contributed by atoms with E-state index in [0.29, 0.717) is 5.92 Å². The lowest BCUT2D eigenvalue weighted by atomic mass is 9.80.